The average Bonchev–Trinajstić information content (AvgIpc) is 2.89. The first kappa shape index (κ1) is 37.7. The molecule has 0 saturated carbocycles. The minimum atomic E-state index is -8.04. The number of benzene rings is 2. The van der Waals surface area contributed by atoms with E-state index in [0.717, 1.165) is 23.9 Å². The van der Waals surface area contributed by atoms with E-state index in [2.05, 4.69) is 4.18 Å². The lowest BCUT2D eigenvalue weighted by atomic mass is 10.1. The molecule has 0 fully saturated rings. The fraction of sp³-hybridized carbons (Fsp3) is 0.476. The Hall–Kier alpha value is -2.50. The number of thioether (sulfide) groups is 1. The predicted molar refractivity (Wildman–Crippen MR) is 137 cm³/mol. The molecule has 0 spiro atoms. The van der Waals surface area contributed by atoms with Gasteiger partial charge in [-0.1, -0.05) is 38.1 Å². The van der Waals surface area contributed by atoms with Gasteiger partial charge < -0.3 is 13.0 Å². The second-order valence-corrected chi connectivity index (χ2v) is 14.7. The Kier molecular flexibility index (Phi) is 10.9. The van der Waals surface area contributed by atoms with Crippen molar-refractivity contribution in [2.75, 3.05) is 12.4 Å². The van der Waals surface area contributed by atoms with Crippen molar-refractivity contribution < 1.29 is 78.5 Å². The summed E-state index contributed by atoms with van der Waals surface area (Å²) in [6.07, 6.45) is 0.509. The Labute approximate surface area is 248 Å². The molecule has 0 aromatic heterocycles. The van der Waals surface area contributed by atoms with Crippen molar-refractivity contribution in [3.05, 3.63) is 40.5 Å². The Bertz CT molecular complexity index is 1710. The van der Waals surface area contributed by atoms with E-state index in [1.54, 1.807) is 13.8 Å². The quantitative estimate of drug-likeness (QED) is 0.0790. The van der Waals surface area contributed by atoms with Gasteiger partial charge in [-0.25, -0.2) is 16.8 Å². The fourth-order valence-corrected chi connectivity index (χ4v) is 7.00. The van der Waals surface area contributed by atoms with Gasteiger partial charge in [-0.3, -0.25) is 4.79 Å². The van der Waals surface area contributed by atoms with Crippen LogP contribution in [-0.2, 0) is 39.7 Å². The smallest absolute Gasteiger partial charge is 0.465 e. The number of sulfonamides is 2. The first-order valence-corrected chi connectivity index (χ1v) is 16.7. The summed E-state index contributed by atoms with van der Waals surface area (Å²) in [5.74, 6) is -9.56. The highest BCUT2D eigenvalue weighted by molar-refractivity contribution is 8.13. The molecule has 250 valence electrons. The highest BCUT2D eigenvalue weighted by Crippen LogP contribution is 2.53. The normalized spacial score (nSPS) is 14.8. The molecule has 23 heteroatoms. The van der Waals surface area contributed by atoms with Gasteiger partial charge in [-0.2, -0.15) is 47.9 Å². The number of nitrogens with zero attached hydrogens (tertiary/aromatic N) is 1. The van der Waals surface area contributed by atoms with Crippen molar-refractivity contribution in [1.29, 1.82) is 0 Å². The van der Waals surface area contributed by atoms with Crippen LogP contribution >= 0.6 is 11.8 Å². The van der Waals surface area contributed by atoms with Crippen molar-refractivity contribution in [2.24, 2.45) is 5.92 Å². The molecule has 0 aliphatic rings. The molecule has 0 N–H and O–H groups in total. The SMILES string of the molecule is CCC(C)C(=O)OCCSc1ccc(OS(=O)(=O)C(F)(F)C(F)(F)C(F)(F)S(=O)(=O)[N-]S(=O)(=O)C(F)(F)F)c2ccccc12. The van der Waals surface area contributed by atoms with Gasteiger partial charge in [0.05, 0.1) is 5.92 Å². The first-order valence-electron chi connectivity index (χ1n) is 11.5. The molecule has 2 rings (SSSR count). The third-order valence-electron chi connectivity index (χ3n) is 5.50. The first-order chi connectivity index (χ1) is 19.8. The van der Waals surface area contributed by atoms with Gasteiger partial charge in [-0.05, 0) is 23.9 Å². The molecular formula is C21H19F9NO9S4-. The summed E-state index contributed by atoms with van der Waals surface area (Å²) in [5, 5.41) is -15.1. The fourth-order valence-electron chi connectivity index (χ4n) is 2.92. The van der Waals surface area contributed by atoms with E-state index >= 15 is 0 Å². The maximum atomic E-state index is 14.5. The summed E-state index contributed by atoms with van der Waals surface area (Å²) in [6, 6.07) is 6.54. The molecule has 2 aromatic carbocycles. The minimum Gasteiger partial charge on any atom is -0.465 e. The molecule has 1 atom stereocenters. The summed E-state index contributed by atoms with van der Waals surface area (Å²) in [5.41, 5.74) is -6.74. The average molecular weight is 729 g/mol. The second-order valence-electron chi connectivity index (χ2n) is 8.55. The third-order valence-corrected chi connectivity index (χ3v) is 10.9. The lowest BCUT2D eigenvalue weighted by Gasteiger charge is -2.35. The number of halogens is 9. The van der Waals surface area contributed by atoms with Crippen LogP contribution < -0.4 is 4.18 Å². The Morgan fingerprint density at radius 3 is 1.91 bits per heavy atom. The van der Waals surface area contributed by atoms with E-state index in [9.17, 15) is 69.6 Å². The van der Waals surface area contributed by atoms with E-state index in [0.29, 0.717) is 16.6 Å². The molecule has 0 saturated heterocycles. The van der Waals surface area contributed by atoms with Crippen molar-refractivity contribution in [1.82, 2.24) is 0 Å². The largest absolute Gasteiger partial charge is 0.480 e. The molecule has 0 aliphatic heterocycles. The molecule has 0 radical (unpaired) electrons. The van der Waals surface area contributed by atoms with Crippen LogP contribution in [0, 0.1) is 5.92 Å². The number of carbonyl (C=O) groups excluding carboxylic acids is 1. The summed E-state index contributed by atoms with van der Waals surface area (Å²) >= 11 is 1.00. The van der Waals surface area contributed by atoms with Crippen LogP contribution in [0.3, 0.4) is 0 Å². The number of fused-ring (bicyclic) bond motifs is 1. The number of hydrogen-bond acceptors (Lipinski definition) is 10. The molecule has 0 bridgehead atoms. The zero-order chi connectivity index (χ0) is 34.2. The predicted octanol–water partition coefficient (Wildman–Crippen LogP) is 5.60. The Morgan fingerprint density at radius 2 is 1.39 bits per heavy atom. The zero-order valence-corrected chi connectivity index (χ0v) is 25.1. The molecule has 0 aliphatic carbocycles. The summed E-state index contributed by atoms with van der Waals surface area (Å²) in [6.45, 7) is 3.29. The monoisotopic (exact) mass is 728 g/mol. The summed E-state index contributed by atoms with van der Waals surface area (Å²) in [7, 11) is -22.9. The molecule has 1 unspecified atom stereocenters. The number of hydrogen-bond donors (Lipinski definition) is 0. The van der Waals surface area contributed by atoms with Crippen LogP contribution in [0.4, 0.5) is 39.5 Å². The van der Waals surface area contributed by atoms with E-state index in [1.165, 1.54) is 18.2 Å². The van der Waals surface area contributed by atoms with Crippen molar-refractivity contribution in [2.45, 2.75) is 47.1 Å². The van der Waals surface area contributed by atoms with Crippen molar-refractivity contribution >= 4 is 58.7 Å². The number of rotatable bonds is 14. The molecule has 2 aromatic rings. The van der Waals surface area contributed by atoms with E-state index < -0.39 is 63.8 Å². The highest BCUT2D eigenvalue weighted by Gasteiger charge is 2.81. The minimum absolute atomic E-state index is 0.0394. The van der Waals surface area contributed by atoms with Gasteiger partial charge >= 0.3 is 38.0 Å². The van der Waals surface area contributed by atoms with E-state index in [4.69, 9.17) is 4.74 Å². The highest BCUT2D eigenvalue weighted by atomic mass is 32.3. The number of esters is 1. The van der Waals surface area contributed by atoms with Crippen molar-refractivity contribution in [3.63, 3.8) is 0 Å². The van der Waals surface area contributed by atoms with Crippen LogP contribution in [0.2, 0.25) is 0 Å². The topological polar surface area (TPSA) is 152 Å². The van der Waals surface area contributed by atoms with Gasteiger partial charge in [0.1, 0.15) is 6.61 Å². The van der Waals surface area contributed by atoms with Crippen LogP contribution in [0.5, 0.6) is 5.75 Å². The Balaban J connectivity index is 2.42. The second kappa shape index (κ2) is 12.7. The van der Waals surface area contributed by atoms with Gasteiger partial charge in [-0.15, -0.1) is 11.8 Å². The van der Waals surface area contributed by atoms with Gasteiger partial charge in [0, 0.05) is 16.0 Å². The maximum Gasteiger partial charge on any atom is 0.480 e. The van der Waals surface area contributed by atoms with Crippen LogP contribution in [0.1, 0.15) is 20.3 Å². The maximum absolute atomic E-state index is 14.5. The Morgan fingerprint density at radius 1 is 0.841 bits per heavy atom. The number of carbonyl (C=O) groups is 1. The molecule has 10 nitrogen and oxygen atoms in total. The summed E-state index contributed by atoms with van der Waals surface area (Å²) in [4.78, 5) is 12.1. The standard InChI is InChI=1S/C21H19F9NO9S4/c1-3-12(2)17(32)39-10-11-41-16-9-8-15(13-6-4-5-7-14(13)16)40-44(37,38)20(26,27)18(22,23)19(24,25)42(33,34)31-43(35,36)21(28,29)30/h4-9,12H,3,10-11H2,1-2H3/q-1. The van der Waals surface area contributed by atoms with Gasteiger partial charge in [0.2, 0.25) is 0 Å². The third kappa shape index (κ3) is 7.15. The van der Waals surface area contributed by atoms with E-state index in [1.807, 2.05) is 0 Å². The number of ether oxygens (including phenoxy) is 1. The molecular weight excluding hydrogens is 709 g/mol. The van der Waals surface area contributed by atoms with Gasteiger partial charge in [0.15, 0.2) is 25.8 Å². The van der Waals surface area contributed by atoms with Crippen LogP contribution in [0.25, 0.3) is 14.9 Å². The molecule has 0 heterocycles. The lowest BCUT2D eigenvalue weighted by molar-refractivity contribution is -0.245. The van der Waals surface area contributed by atoms with E-state index in [-0.39, 0.29) is 33.9 Å². The lowest BCUT2D eigenvalue weighted by Crippen LogP contribution is -2.61. The summed E-state index contributed by atoms with van der Waals surface area (Å²) < 4.78 is 202. The van der Waals surface area contributed by atoms with Crippen LogP contribution in [-0.4, -0.2) is 65.5 Å². The molecule has 44 heavy (non-hydrogen) atoms. The van der Waals surface area contributed by atoms with Crippen LogP contribution in [0.15, 0.2) is 41.3 Å². The number of alkyl halides is 9. The molecule has 0 amide bonds. The van der Waals surface area contributed by atoms with Gasteiger partial charge in [0.25, 0.3) is 0 Å². The zero-order valence-electron chi connectivity index (χ0n) is 21.8. The van der Waals surface area contributed by atoms with Crippen molar-refractivity contribution in [3.8, 4) is 5.75 Å².